The molecule has 0 unspecified atom stereocenters. The maximum atomic E-state index is 11.4. The average molecular weight is 245 g/mol. The first-order valence-electron chi connectivity index (χ1n) is 4.61. The highest BCUT2D eigenvalue weighted by Gasteiger charge is 2.39. The fourth-order valence-electron chi connectivity index (χ4n) is 1.53. The number of alkyl halides is 2. The molecule has 1 saturated heterocycles. The maximum absolute atomic E-state index is 11.4. The number of carbonyl (C=O) groups excluding carboxylic acids is 1. The molecule has 1 aromatic carbocycles. The van der Waals surface area contributed by atoms with Crippen LogP contribution in [0.4, 0.5) is 4.79 Å². The average Bonchev–Trinajstić information content (AvgIpc) is 2.66. The molecular weight excluding hydrogens is 235 g/mol. The van der Waals surface area contributed by atoms with E-state index < -0.39 is 4.46 Å². The van der Waals surface area contributed by atoms with Crippen LogP contribution in [0.2, 0.25) is 0 Å². The maximum Gasteiger partial charge on any atom is 0.320 e. The van der Waals surface area contributed by atoms with Gasteiger partial charge in [0.05, 0.1) is 0 Å². The van der Waals surface area contributed by atoms with Crippen molar-refractivity contribution < 1.29 is 4.79 Å². The lowest BCUT2D eigenvalue weighted by atomic mass is 10.2. The van der Waals surface area contributed by atoms with Crippen LogP contribution >= 0.6 is 23.2 Å². The first-order valence-corrected chi connectivity index (χ1v) is 5.37. The van der Waals surface area contributed by atoms with Crippen LogP contribution in [0.5, 0.6) is 0 Å². The van der Waals surface area contributed by atoms with Gasteiger partial charge in [-0.2, -0.15) is 0 Å². The normalized spacial score (nSPS) is 16.7. The molecule has 1 aliphatic heterocycles. The molecule has 1 aromatic rings. The molecule has 5 heteroatoms. The zero-order valence-electron chi connectivity index (χ0n) is 7.91. The van der Waals surface area contributed by atoms with Crippen molar-refractivity contribution in [1.82, 2.24) is 10.2 Å². The molecule has 2 rings (SSSR count). The van der Waals surface area contributed by atoms with E-state index in [1.165, 1.54) is 4.90 Å². The molecule has 0 spiro atoms. The second-order valence-electron chi connectivity index (χ2n) is 3.29. The zero-order chi connectivity index (χ0) is 10.9. The van der Waals surface area contributed by atoms with E-state index in [0.717, 1.165) is 0 Å². The van der Waals surface area contributed by atoms with Crippen molar-refractivity contribution in [2.75, 3.05) is 13.1 Å². The lowest BCUT2D eigenvalue weighted by Gasteiger charge is -2.29. The third-order valence-corrected chi connectivity index (χ3v) is 3.16. The molecular formula is C10H10Cl2N2O. The van der Waals surface area contributed by atoms with Gasteiger partial charge >= 0.3 is 6.03 Å². The number of hydrogen-bond donors (Lipinski definition) is 1. The molecule has 3 nitrogen and oxygen atoms in total. The van der Waals surface area contributed by atoms with Crippen molar-refractivity contribution in [3.05, 3.63) is 35.9 Å². The number of amides is 2. The number of rotatable bonds is 2. The number of nitrogens with one attached hydrogen (secondary N) is 1. The van der Waals surface area contributed by atoms with Crippen molar-refractivity contribution in [2.45, 2.75) is 4.46 Å². The Morgan fingerprint density at radius 1 is 1.27 bits per heavy atom. The SMILES string of the molecule is O=C1NCCN1C(Cl)(Cl)c1ccccc1. The summed E-state index contributed by atoms with van der Waals surface area (Å²) in [5.74, 6) is 0. The van der Waals surface area contributed by atoms with Gasteiger partial charge in [-0.1, -0.05) is 53.5 Å². The van der Waals surface area contributed by atoms with Crippen LogP contribution < -0.4 is 5.32 Å². The van der Waals surface area contributed by atoms with Crippen molar-refractivity contribution in [1.29, 1.82) is 0 Å². The van der Waals surface area contributed by atoms with Crippen LogP contribution in [-0.2, 0) is 4.46 Å². The van der Waals surface area contributed by atoms with Crippen LogP contribution in [0, 0.1) is 0 Å². The first-order chi connectivity index (χ1) is 7.12. The number of nitrogens with zero attached hydrogens (tertiary/aromatic N) is 1. The van der Waals surface area contributed by atoms with Crippen molar-refractivity contribution in [3.63, 3.8) is 0 Å². The van der Waals surface area contributed by atoms with E-state index in [4.69, 9.17) is 23.2 Å². The lowest BCUT2D eigenvalue weighted by Crippen LogP contribution is -2.40. The molecule has 0 saturated carbocycles. The Morgan fingerprint density at radius 3 is 2.47 bits per heavy atom. The van der Waals surface area contributed by atoms with Crippen LogP contribution in [0.25, 0.3) is 0 Å². The number of halogens is 2. The molecule has 0 aromatic heterocycles. The van der Waals surface area contributed by atoms with E-state index in [1.54, 1.807) is 12.1 Å². The summed E-state index contributed by atoms with van der Waals surface area (Å²) >= 11 is 12.4. The van der Waals surface area contributed by atoms with E-state index in [-0.39, 0.29) is 6.03 Å². The van der Waals surface area contributed by atoms with Gasteiger partial charge in [0.1, 0.15) is 0 Å². The molecule has 15 heavy (non-hydrogen) atoms. The molecule has 1 N–H and O–H groups in total. The predicted molar refractivity (Wildman–Crippen MR) is 59.9 cm³/mol. The summed E-state index contributed by atoms with van der Waals surface area (Å²) in [5.41, 5.74) is 0.699. The summed E-state index contributed by atoms with van der Waals surface area (Å²) in [4.78, 5) is 12.8. The van der Waals surface area contributed by atoms with Gasteiger partial charge < -0.3 is 5.32 Å². The van der Waals surface area contributed by atoms with E-state index in [1.807, 2.05) is 18.2 Å². The van der Waals surface area contributed by atoms with Gasteiger partial charge in [-0.05, 0) is 0 Å². The number of benzene rings is 1. The molecule has 0 bridgehead atoms. The van der Waals surface area contributed by atoms with Gasteiger partial charge in [0, 0.05) is 18.7 Å². The van der Waals surface area contributed by atoms with Crippen molar-refractivity contribution in [3.8, 4) is 0 Å². The minimum absolute atomic E-state index is 0.233. The van der Waals surface area contributed by atoms with E-state index in [9.17, 15) is 4.79 Å². The molecule has 1 aliphatic rings. The van der Waals surface area contributed by atoms with Gasteiger partial charge in [-0.3, -0.25) is 4.90 Å². The van der Waals surface area contributed by atoms with Gasteiger partial charge in [0.2, 0.25) is 4.46 Å². The quantitative estimate of drug-likeness (QED) is 0.629. The molecule has 2 amide bonds. The number of carbonyl (C=O) groups is 1. The molecule has 1 heterocycles. The summed E-state index contributed by atoms with van der Waals surface area (Å²) < 4.78 is -1.29. The lowest BCUT2D eigenvalue weighted by molar-refractivity contribution is 0.206. The molecule has 0 atom stereocenters. The van der Waals surface area contributed by atoms with Gasteiger partial charge in [0.15, 0.2) is 0 Å². The Balaban J connectivity index is 2.30. The second-order valence-corrected chi connectivity index (χ2v) is 4.58. The highest BCUT2D eigenvalue weighted by molar-refractivity contribution is 6.48. The molecule has 0 radical (unpaired) electrons. The van der Waals surface area contributed by atoms with E-state index in [2.05, 4.69) is 5.32 Å². The fourth-order valence-corrected chi connectivity index (χ4v) is 2.11. The Hall–Kier alpha value is -0.930. The first kappa shape index (κ1) is 10.6. The Kier molecular flexibility index (Phi) is 2.76. The smallest absolute Gasteiger partial charge is 0.320 e. The number of hydrogen-bond acceptors (Lipinski definition) is 1. The summed E-state index contributed by atoms with van der Waals surface area (Å²) in [5, 5.41) is 2.66. The highest BCUT2D eigenvalue weighted by Crippen LogP contribution is 2.38. The monoisotopic (exact) mass is 244 g/mol. The van der Waals surface area contributed by atoms with Crippen molar-refractivity contribution >= 4 is 29.2 Å². The van der Waals surface area contributed by atoms with Crippen LogP contribution in [-0.4, -0.2) is 24.0 Å². The second kappa shape index (κ2) is 3.91. The summed E-state index contributed by atoms with van der Waals surface area (Å²) in [6, 6.07) is 8.91. The zero-order valence-corrected chi connectivity index (χ0v) is 9.42. The highest BCUT2D eigenvalue weighted by atomic mass is 35.5. The largest absolute Gasteiger partial charge is 0.336 e. The topological polar surface area (TPSA) is 32.3 Å². The third-order valence-electron chi connectivity index (χ3n) is 2.32. The Bertz CT molecular complexity index is 367. The Labute approximate surface area is 98.0 Å². The minimum atomic E-state index is -1.29. The van der Waals surface area contributed by atoms with E-state index in [0.29, 0.717) is 18.7 Å². The summed E-state index contributed by atoms with van der Waals surface area (Å²) in [6.07, 6.45) is 0. The van der Waals surface area contributed by atoms with Crippen LogP contribution in [0.1, 0.15) is 5.56 Å². The number of urea groups is 1. The van der Waals surface area contributed by atoms with Gasteiger partial charge in [-0.15, -0.1) is 0 Å². The molecule has 0 aliphatic carbocycles. The predicted octanol–water partition coefficient (Wildman–Crippen LogP) is 2.30. The summed E-state index contributed by atoms with van der Waals surface area (Å²) in [7, 11) is 0. The Morgan fingerprint density at radius 2 is 1.93 bits per heavy atom. The third kappa shape index (κ3) is 1.90. The molecule has 1 fully saturated rings. The van der Waals surface area contributed by atoms with Gasteiger partial charge in [0.25, 0.3) is 0 Å². The minimum Gasteiger partial charge on any atom is -0.336 e. The van der Waals surface area contributed by atoms with E-state index >= 15 is 0 Å². The molecule has 80 valence electrons. The van der Waals surface area contributed by atoms with Crippen LogP contribution in [0.3, 0.4) is 0 Å². The van der Waals surface area contributed by atoms with Gasteiger partial charge in [-0.25, -0.2) is 4.79 Å². The standard InChI is InChI=1S/C10H10Cl2N2O/c11-10(12,8-4-2-1-3-5-8)14-7-6-13-9(14)15/h1-5H,6-7H2,(H,13,15). The van der Waals surface area contributed by atoms with Crippen molar-refractivity contribution in [2.24, 2.45) is 0 Å². The van der Waals surface area contributed by atoms with Crippen LogP contribution in [0.15, 0.2) is 30.3 Å². The summed E-state index contributed by atoms with van der Waals surface area (Å²) in [6.45, 7) is 1.09. The fraction of sp³-hybridized carbons (Fsp3) is 0.300.